The summed E-state index contributed by atoms with van der Waals surface area (Å²) < 4.78 is 9.72. The first-order chi connectivity index (χ1) is 16.8. The maximum atomic E-state index is 5.69. The van der Waals surface area contributed by atoms with Crippen molar-refractivity contribution in [1.29, 1.82) is 0 Å². The summed E-state index contributed by atoms with van der Waals surface area (Å²) in [6, 6.07) is 12.5. The van der Waals surface area contributed by atoms with Gasteiger partial charge < -0.3 is 15.0 Å². The Morgan fingerprint density at radius 3 is 2.49 bits per heavy atom. The topological polar surface area (TPSA) is 110 Å². The van der Waals surface area contributed by atoms with E-state index < -0.39 is 0 Å². The van der Waals surface area contributed by atoms with E-state index in [9.17, 15) is 0 Å². The van der Waals surface area contributed by atoms with E-state index in [-0.39, 0.29) is 11.5 Å². The fourth-order valence-corrected chi connectivity index (χ4v) is 4.21. The number of imidazole rings is 1. The minimum Gasteiger partial charge on any atom is -0.377 e. The molecule has 0 saturated carbocycles. The number of anilines is 1. The third-order valence-electron chi connectivity index (χ3n) is 5.77. The number of ether oxygens (including phenoxy) is 1. The number of hydrogen-bond acceptors (Lipinski definition) is 7. The number of hydrogen-bond donors (Lipinski definition) is 1. The van der Waals surface area contributed by atoms with Gasteiger partial charge in [-0.3, -0.25) is 0 Å². The van der Waals surface area contributed by atoms with Crippen molar-refractivity contribution in [2.75, 3.05) is 12.3 Å². The number of rotatable bonds is 6. The van der Waals surface area contributed by atoms with E-state index in [4.69, 9.17) is 15.5 Å². The zero-order valence-electron chi connectivity index (χ0n) is 20.3. The Morgan fingerprint density at radius 2 is 1.80 bits per heavy atom. The lowest BCUT2D eigenvalue weighted by Crippen LogP contribution is -2.23. The number of benzene rings is 2. The van der Waals surface area contributed by atoms with Crippen LogP contribution in [0.5, 0.6) is 0 Å². The molecule has 0 radical (unpaired) electrons. The Kier molecular flexibility index (Phi) is 5.78. The zero-order valence-corrected chi connectivity index (χ0v) is 20.3. The van der Waals surface area contributed by atoms with Crippen LogP contribution >= 0.6 is 0 Å². The van der Waals surface area contributed by atoms with Gasteiger partial charge in [-0.15, -0.1) is 0 Å². The Balaban J connectivity index is 1.74. The molecule has 2 N–H and O–H groups in total. The highest BCUT2D eigenvalue weighted by Crippen LogP contribution is 2.36. The molecule has 0 spiro atoms. The van der Waals surface area contributed by atoms with Crippen LogP contribution in [-0.4, -0.2) is 40.9 Å². The summed E-state index contributed by atoms with van der Waals surface area (Å²) in [5.41, 5.74) is 12.1. The lowest BCUT2D eigenvalue weighted by molar-refractivity contribution is 0.134. The smallest absolute Gasteiger partial charge is 0.219 e. The number of nitrogen functional groups attached to an aromatic ring is 1. The van der Waals surface area contributed by atoms with Crippen LogP contribution in [0.3, 0.4) is 0 Å². The maximum absolute atomic E-state index is 5.69. The van der Waals surface area contributed by atoms with E-state index in [1.54, 1.807) is 23.4 Å². The fourth-order valence-electron chi connectivity index (χ4n) is 4.21. The lowest BCUT2D eigenvalue weighted by atomic mass is 10.0. The van der Waals surface area contributed by atoms with E-state index in [0.29, 0.717) is 13.2 Å². The first-order valence-electron chi connectivity index (χ1n) is 11.5. The van der Waals surface area contributed by atoms with Crippen molar-refractivity contribution in [3.8, 4) is 28.2 Å². The summed E-state index contributed by atoms with van der Waals surface area (Å²) in [7, 11) is 0. The average molecular weight is 469 g/mol. The van der Waals surface area contributed by atoms with Crippen LogP contribution in [0.15, 0.2) is 61.4 Å². The van der Waals surface area contributed by atoms with Crippen molar-refractivity contribution in [1.82, 2.24) is 34.3 Å². The minimum atomic E-state index is -0.231. The fraction of sp³-hybridized carbons (Fsp3) is 0.269. The molecule has 0 aliphatic heterocycles. The molecule has 0 bridgehead atoms. The molecular formula is C26H28N8O. The molecule has 0 fully saturated rings. The third-order valence-corrected chi connectivity index (χ3v) is 5.77. The van der Waals surface area contributed by atoms with Gasteiger partial charge in [0.2, 0.25) is 5.95 Å². The first-order valence-corrected chi connectivity index (χ1v) is 11.5. The third kappa shape index (κ3) is 4.38. The van der Waals surface area contributed by atoms with Crippen molar-refractivity contribution >= 4 is 17.0 Å². The van der Waals surface area contributed by atoms with Crippen LogP contribution in [0.25, 0.3) is 39.2 Å². The first kappa shape index (κ1) is 22.7. The van der Waals surface area contributed by atoms with E-state index >= 15 is 0 Å². The van der Waals surface area contributed by atoms with Crippen LogP contribution in [-0.2, 0) is 16.9 Å². The van der Waals surface area contributed by atoms with Gasteiger partial charge in [-0.25, -0.2) is 24.6 Å². The summed E-state index contributed by atoms with van der Waals surface area (Å²) in [5.74, 6) is 1.10. The summed E-state index contributed by atoms with van der Waals surface area (Å²) in [5, 5.41) is 4.38. The van der Waals surface area contributed by atoms with Crippen LogP contribution in [0.1, 0.15) is 33.3 Å². The molecule has 5 aromatic rings. The monoisotopic (exact) mass is 468 g/mol. The van der Waals surface area contributed by atoms with Crippen molar-refractivity contribution < 1.29 is 4.74 Å². The predicted octanol–water partition coefficient (Wildman–Crippen LogP) is 4.61. The molecule has 2 aromatic carbocycles. The van der Waals surface area contributed by atoms with Crippen LogP contribution in [0.4, 0.5) is 5.95 Å². The minimum absolute atomic E-state index is 0.231. The molecular weight excluding hydrogens is 440 g/mol. The molecule has 0 amide bonds. The summed E-state index contributed by atoms with van der Waals surface area (Å²) in [6.45, 7) is 9.71. The highest BCUT2D eigenvalue weighted by Gasteiger charge is 2.25. The predicted molar refractivity (Wildman–Crippen MR) is 136 cm³/mol. The Bertz CT molecular complexity index is 1460. The van der Waals surface area contributed by atoms with Gasteiger partial charge in [0.1, 0.15) is 18.5 Å². The second-order valence-electron chi connectivity index (χ2n) is 9.30. The van der Waals surface area contributed by atoms with Gasteiger partial charge in [0.15, 0.2) is 0 Å². The molecule has 178 valence electrons. The van der Waals surface area contributed by atoms with Gasteiger partial charge in [-0.2, -0.15) is 5.10 Å². The SMILES string of the molecule is CCOCc1ccc(-n2cncn2)c(-c2nc3cc(-c4cnc(N)nc4)ccc3n2C(C)(C)C)c1. The Hall–Kier alpha value is -4.11. The highest BCUT2D eigenvalue weighted by atomic mass is 16.5. The van der Waals surface area contributed by atoms with Crippen molar-refractivity contribution in [2.45, 2.75) is 39.8 Å². The van der Waals surface area contributed by atoms with E-state index in [1.807, 2.05) is 13.0 Å². The molecule has 0 unspecified atom stereocenters. The van der Waals surface area contributed by atoms with Gasteiger partial charge in [0, 0.05) is 35.7 Å². The van der Waals surface area contributed by atoms with Gasteiger partial charge in [0.05, 0.1) is 23.3 Å². The van der Waals surface area contributed by atoms with Gasteiger partial charge >= 0.3 is 0 Å². The van der Waals surface area contributed by atoms with Crippen molar-refractivity contribution in [2.24, 2.45) is 0 Å². The maximum Gasteiger partial charge on any atom is 0.219 e. The normalized spacial score (nSPS) is 11.9. The van der Waals surface area contributed by atoms with Crippen LogP contribution in [0.2, 0.25) is 0 Å². The number of aromatic nitrogens is 7. The highest BCUT2D eigenvalue weighted by molar-refractivity contribution is 5.87. The molecule has 0 aliphatic rings. The van der Waals surface area contributed by atoms with Crippen LogP contribution < -0.4 is 5.73 Å². The summed E-state index contributed by atoms with van der Waals surface area (Å²) >= 11 is 0. The number of nitrogens with zero attached hydrogens (tertiary/aromatic N) is 7. The number of fused-ring (bicyclic) bond motifs is 1. The zero-order chi connectivity index (χ0) is 24.6. The van der Waals surface area contributed by atoms with Crippen LogP contribution in [0, 0.1) is 0 Å². The molecule has 0 atom stereocenters. The largest absolute Gasteiger partial charge is 0.377 e. The van der Waals surface area contributed by atoms with Gasteiger partial charge in [-0.1, -0.05) is 12.1 Å². The molecule has 3 heterocycles. The molecule has 9 nitrogen and oxygen atoms in total. The molecule has 0 saturated heterocycles. The number of nitrogens with two attached hydrogens (primary N) is 1. The van der Waals surface area contributed by atoms with Crippen molar-refractivity contribution in [3.63, 3.8) is 0 Å². The Labute approximate surface area is 203 Å². The summed E-state index contributed by atoms with van der Waals surface area (Å²) in [4.78, 5) is 17.6. The molecule has 9 heteroatoms. The average Bonchev–Trinajstić information content (AvgIpc) is 3.50. The van der Waals surface area contributed by atoms with E-state index in [0.717, 1.165) is 44.8 Å². The second-order valence-corrected chi connectivity index (χ2v) is 9.30. The second kappa shape index (κ2) is 8.92. The lowest BCUT2D eigenvalue weighted by Gasteiger charge is -2.25. The van der Waals surface area contributed by atoms with Crippen molar-refractivity contribution in [3.05, 3.63) is 67.0 Å². The quantitative estimate of drug-likeness (QED) is 0.387. The van der Waals surface area contributed by atoms with E-state index in [1.165, 1.54) is 6.33 Å². The summed E-state index contributed by atoms with van der Waals surface area (Å²) in [6.07, 6.45) is 6.69. The Morgan fingerprint density at radius 1 is 1.00 bits per heavy atom. The van der Waals surface area contributed by atoms with Gasteiger partial charge in [-0.05, 0) is 63.1 Å². The molecule has 5 rings (SSSR count). The van der Waals surface area contributed by atoms with Gasteiger partial charge in [0.25, 0.3) is 0 Å². The molecule has 3 aromatic heterocycles. The van der Waals surface area contributed by atoms with E-state index in [2.05, 4.69) is 75.7 Å². The molecule has 0 aliphatic carbocycles. The standard InChI is InChI=1S/C26H28N8O/c1-5-35-14-17-6-8-22(33-16-28-15-31-33)20(10-17)24-32-21-11-18(19-12-29-25(27)30-13-19)7-9-23(21)34(24)26(2,3)4/h6-13,15-16H,5,14H2,1-4H3,(H2,27,29,30). The molecule has 35 heavy (non-hydrogen) atoms.